The summed E-state index contributed by atoms with van der Waals surface area (Å²) in [6.45, 7) is 3.00. The van der Waals surface area contributed by atoms with Crippen LogP contribution in [-0.2, 0) is 4.79 Å². The molecular formula is C13H20N4O2S. The Balaban J connectivity index is 1.79. The molecule has 2 fully saturated rings. The maximum Gasteiger partial charge on any atom is 0.238 e. The van der Waals surface area contributed by atoms with Crippen LogP contribution in [-0.4, -0.2) is 71.0 Å². The number of aromatic nitrogens is 2. The van der Waals surface area contributed by atoms with Gasteiger partial charge in [-0.1, -0.05) is 5.16 Å². The molecule has 0 radical (unpaired) electrons. The third-order valence-corrected chi connectivity index (χ3v) is 5.10. The Labute approximate surface area is 122 Å². The lowest BCUT2D eigenvalue weighted by Gasteiger charge is -2.24. The van der Waals surface area contributed by atoms with E-state index in [-0.39, 0.29) is 17.7 Å². The van der Waals surface area contributed by atoms with E-state index in [1.807, 2.05) is 0 Å². The van der Waals surface area contributed by atoms with Crippen molar-refractivity contribution in [3.8, 4) is 0 Å². The molecule has 0 aromatic carbocycles. The molecule has 3 heterocycles. The Morgan fingerprint density at radius 1 is 1.35 bits per heavy atom. The third-order valence-electron chi connectivity index (χ3n) is 4.04. The van der Waals surface area contributed by atoms with E-state index in [4.69, 9.17) is 4.52 Å². The number of hydrogen-bond donors (Lipinski definition) is 0. The Morgan fingerprint density at radius 2 is 2.20 bits per heavy atom. The number of rotatable bonds is 2. The molecular weight excluding hydrogens is 276 g/mol. The fourth-order valence-electron chi connectivity index (χ4n) is 2.75. The van der Waals surface area contributed by atoms with Gasteiger partial charge in [0.25, 0.3) is 0 Å². The zero-order valence-electron chi connectivity index (χ0n) is 11.9. The van der Waals surface area contributed by atoms with Gasteiger partial charge in [-0.2, -0.15) is 16.7 Å². The van der Waals surface area contributed by atoms with E-state index < -0.39 is 0 Å². The first-order chi connectivity index (χ1) is 9.65. The van der Waals surface area contributed by atoms with E-state index in [0.717, 1.165) is 31.8 Å². The van der Waals surface area contributed by atoms with Crippen molar-refractivity contribution in [1.82, 2.24) is 19.9 Å². The molecule has 0 aliphatic carbocycles. The van der Waals surface area contributed by atoms with Crippen molar-refractivity contribution in [2.24, 2.45) is 0 Å². The van der Waals surface area contributed by atoms with Crippen LogP contribution in [0.4, 0.5) is 0 Å². The number of nitrogens with zero attached hydrogens (tertiary/aromatic N) is 4. The summed E-state index contributed by atoms with van der Waals surface area (Å²) in [5, 5.41) is 4.13. The first-order valence-electron chi connectivity index (χ1n) is 6.98. The smallest absolute Gasteiger partial charge is 0.238 e. The fraction of sp³-hybridized carbons (Fsp3) is 0.769. The quantitative estimate of drug-likeness (QED) is 0.799. The highest BCUT2D eigenvalue weighted by atomic mass is 32.2. The molecule has 3 rings (SSSR count). The molecule has 2 unspecified atom stereocenters. The van der Waals surface area contributed by atoms with E-state index in [1.54, 1.807) is 11.8 Å². The van der Waals surface area contributed by atoms with Gasteiger partial charge in [0.05, 0.1) is 11.8 Å². The number of ketones is 1. The summed E-state index contributed by atoms with van der Waals surface area (Å²) in [5.74, 6) is 2.54. The second kappa shape index (κ2) is 5.83. The second-order valence-corrected chi connectivity index (χ2v) is 6.67. The Hall–Kier alpha value is -0.920. The Kier molecular flexibility index (Phi) is 4.09. The average molecular weight is 296 g/mol. The van der Waals surface area contributed by atoms with Crippen LogP contribution in [0.1, 0.15) is 30.1 Å². The van der Waals surface area contributed by atoms with Gasteiger partial charge in [-0.15, -0.1) is 0 Å². The normalized spacial score (nSPS) is 29.8. The highest BCUT2D eigenvalue weighted by molar-refractivity contribution is 8.00. The highest BCUT2D eigenvalue weighted by Crippen LogP contribution is 2.30. The van der Waals surface area contributed by atoms with Crippen molar-refractivity contribution in [2.75, 3.05) is 45.2 Å². The second-order valence-electron chi connectivity index (χ2n) is 5.64. The lowest BCUT2D eigenvalue weighted by atomic mass is 10.1. The van der Waals surface area contributed by atoms with Crippen LogP contribution in [0.15, 0.2) is 4.52 Å². The summed E-state index contributed by atoms with van der Waals surface area (Å²) in [6, 6.07) is 0.143. The van der Waals surface area contributed by atoms with Gasteiger partial charge in [0, 0.05) is 12.3 Å². The predicted molar refractivity (Wildman–Crippen MR) is 76.9 cm³/mol. The molecule has 1 aromatic heterocycles. The molecule has 2 aliphatic heterocycles. The topological polar surface area (TPSA) is 62.5 Å². The highest BCUT2D eigenvalue weighted by Gasteiger charge is 2.33. The van der Waals surface area contributed by atoms with Crippen molar-refractivity contribution in [2.45, 2.75) is 18.4 Å². The lowest BCUT2D eigenvalue weighted by Crippen LogP contribution is -2.31. The first-order valence-corrected chi connectivity index (χ1v) is 8.13. The minimum Gasteiger partial charge on any atom is -0.338 e. The van der Waals surface area contributed by atoms with E-state index in [1.165, 1.54) is 0 Å². The molecule has 1 aromatic rings. The maximum absolute atomic E-state index is 11.8. The van der Waals surface area contributed by atoms with Gasteiger partial charge in [0.2, 0.25) is 5.89 Å². The monoisotopic (exact) mass is 296 g/mol. The van der Waals surface area contributed by atoms with E-state index in [2.05, 4.69) is 34.0 Å². The summed E-state index contributed by atoms with van der Waals surface area (Å²) in [4.78, 5) is 20.8. The van der Waals surface area contributed by atoms with Crippen molar-refractivity contribution >= 4 is 17.5 Å². The minimum absolute atomic E-state index is 0.143. The van der Waals surface area contributed by atoms with Crippen LogP contribution in [0, 0.1) is 0 Å². The molecule has 6 nitrogen and oxygen atoms in total. The van der Waals surface area contributed by atoms with Crippen molar-refractivity contribution < 1.29 is 9.32 Å². The minimum atomic E-state index is -0.199. The number of carbonyl (C=O) groups is 1. The van der Waals surface area contributed by atoms with Crippen molar-refractivity contribution in [3.05, 3.63) is 11.7 Å². The third kappa shape index (κ3) is 2.75. The number of Topliss-reactive ketones (excluding diaryl/α,β-unsaturated/α-hetero) is 1. The van der Waals surface area contributed by atoms with Gasteiger partial charge in [0.1, 0.15) is 5.92 Å². The molecule has 2 saturated heterocycles. The van der Waals surface area contributed by atoms with Crippen molar-refractivity contribution in [1.29, 1.82) is 0 Å². The predicted octanol–water partition coefficient (Wildman–Crippen LogP) is 0.777. The summed E-state index contributed by atoms with van der Waals surface area (Å²) in [5.41, 5.74) is 0. The number of carbonyl (C=O) groups excluding carboxylic acids is 1. The van der Waals surface area contributed by atoms with Gasteiger partial charge in [-0.25, -0.2) is 0 Å². The van der Waals surface area contributed by atoms with Gasteiger partial charge in [-0.05, 0) is 33.6 Å². The lowest BCUT2D eigenvalue weighted by molar-refractivity contribution is -0.117. The molecule has 7 heteroatoms. The van der Waals surface area contributed by atoms with Crippen LogP contribution in [0.2, 0.25) is 0 Å². The SMILES string of the molecule is CN1CCCN(C)C(c2noc(C3CSCC3=O)n2)C1. The summed E-state index contributed by atoms with van der Waals surface area (Å²) in [7, 11) is 4.21. The van der Waals surface area contributed by atoms with Gasteiger partial charge in [-0.3, -0.25) is 9.69 Å². The van der Waals surface area contributed by atoms with Gasteiger partial charge in [0.15, 0.2) is 11.6 Å². The van der Waals surface area contributed by atoms with Gasteiger partial charge < -0.3 is 9.42 Å². The number of likely N-dealkylation sites (N-methyl/N-ethyl adjacent to an activating group) is 2. The van der Waals surface area contributed by atoms with E-state index >= 15 is 0 Å². The van der Waals surface area contributed by atoms with Crippen LogP contribution in [0.5, 0.6) is 0 Å². The largest absolute Gasteiger partial charge is 0.338 e. The average Bonchev–Trinajstić information content (AvgIpc) is 3.00. The number of thioether (sulfide) groups is 1. The zero-order chi connectivity index (χ0) is 14.1. The van der Waals surface area contributed by atoms with Crippen LogP contribution >= 0.6 is 11.8 Å². The van der Waals surface area contributed by atoms with Crippen LogP contribution in [0.25, 0.3) is 0 Å². The van der Waals surface area contributed by atoms with Gasteiger partial charge >= 0.3 is 0 Å². The molecule has 0 amide bonds. The summed E-state index contributed by atoms with van der Waals surface area (Å²) < 4.78 is 5.36. The molecule has 20 heavy (non-hydrogen) atoms. The molecule has 110 valence electrons. The summed E-state index contributed by atoms with van der Waals surface area (Å²) in [6.07, 6.45) is 1.14. The fourth-order valence-corrected chi connectivity index (χ4v) is 3.84. The zero-order valence-corrected chi connectivity index (χ0v) is 12.7. The Morgan fingerprint density at radius 3 is 2.95 bits per heavy atom. The maximum atomic E-state index is 11.8. The number of hydrogen-bond acceptors (Lipinski definition) is 7. The molecule has 2 atom stereocenters. The van der Waals surface area contributed by atoms with E-state index in [0.29, 0.717) is 17.5 Å². The molecule has 0 bridgehead atoms. The van der Waals surface area contributed by atoms with E-state index in [9.17, 15) is 4.79 Å². The molecule has 2 aliphatic rings. The Bertz CT molecular complexity index is 492. The molecule has 0 N–H and O–H groups in total. The van der Waals surface area contributed by atoms with Crippen LogP contribution < -0.4 is 0 Å². The van der Waals surface area contributed by atoms with Crippen molar-refractivity contribution in [3.63, 3.8) is 0 Å². The standard InChI is InChI=1S/C13H20N4O2S/c1-16-4-3-5-17(2)10(6-16)12-14-13(19-15-12)9-7-20-8-11(9)18/h9-10H,3-8H2,1-2H3. The first kappa shape index (κ1) is 14.0. The summed E-state index contributed by atoms with van der Waals surface area (Å²) >= 11 is 1.64. The molecule has 0 spiro atoms. The van der Waals surface area contributed by atoms with Crippen LogP contribution in [0.3, 0.4) is 0 Å². The molecule has 0 saturated carbocycles.